The Bertz CT molecular complexity index is 911. The van der Waals surface area contributed by atoms with Crippen molar-refractivity contribution >= 4 is 27.1 Å². The maximum atomic E-state index is 12.5. The van der Waals surface area contributed by atoms with Gasteiger partial charge in [0.15, 0.2) is 9.84 Å². The lowest BCUT2D eigenvalue weighted by molar-refractivity contribution is 0.102. The summed E-state index contributed by atoms with van der Waals surface area (Å²) in [6.07, 6.45) is 2.11. The zero-order valence-corrected chi connectivity index (χ0v) is 16.1. The van der Waals surface area contributed by atoms with Gasteiger partial charge >= 0.3 is 0 Å². The fraction of sp³-hybridized carbons (Fsp3) is 0.368. The molecule has 1 fully saturated rings. The standard InChI is InChI=1S/C19H23N3O4S/c1-13(2)26-18-6-4-3-5-16(18)22-19(23)17-8-7-14(11-20-17)21-15-9-10-27(24,25)12-15/h3-8,11,13,15,21H,9-10,12H2,1-2H3,(H,22,23). The molecule has 0 spiro atoms. The average molecular weight is 389 g/mol. The molecule has 7 nitrogen and oxygen atoms in total. The molecule has 8 heteroatoms. The number of sulfone groups is 1. The van der Waals surface area contributed by atoms with E-state index in [-0.39, 0.29) is 35.3 Å². The topological polar surface area (TPSA) is 97.4 Å². The molecule has 2 N–H and O–H groups in total. The molecule has 3 rings (SSSR count). The molecule has 0 bridgehead atoms. The van der Waals surface area contributed by atoms with Crippen LogP contribution in [0.5, 0.6) is 5.75 Å². The summed E-state index contributed by atoms with van der Waals surface area (Å²) in [6, 6.07) is 10.4. The van der Waals surface area contributed by atoms with Crippen LogP contribution in [0.2, 0.25) is 0 Å². The Morgan fingerprint density at radius 2 is 2.00 bits per heavy atom. The number of rotatable bonds is 6. The van der Waals surface area contributed by atoms with Gasteiger partial charge in [-0.3, -0.25) is 4.79 Å². The second kappa shape index (κ2) is 7.96. The van der Waals surface area contributed by atoms with Gasteiger partial charge in [0, 0.05) is 6.04 Å². The third-order valence-corrected chi connectivity index (χ3v) is 5.87. The van der Waals surface area contributed by atoms with Crippen LogP contribution in [-0.2, 0) is 9.84 Å². The van der Waals surface area contributed by atoms with Gasteiger partial charge in [-0.25, -0.2) is 13.4 Å². The van der Waals surface area contributed by atoms with E-state index in [1.165, 1.54) is 6.20 Å². The van der Waals surface area contributed by atoms with Gasteiger partial charge in [-0.05, 0) is 44.5 Å². The Morgan fingerprint density at radius 1 is 1.22 bits per heavy atom. The fourth-order valence-corrected chi connectivity index (χ4v) is 4.54. The number of pyridine rings is 1. The number of anilines is 2. The van der Waals surface area contributed by atoms with Gasteiger partial charge < -0.3 is 15.4 Å². The lowest BCUT2D eigenvalue weighted by atomic mass is 10.2. The summed E-state index contributed by atoms with van der Waals surface area (Å²) < 4.78 is 28.7. The molecule has 27 heavy (non-hydrogen) atoms. The minimum absolute atomic E-state index is 0.00839. The number of para-hydroxylation sites is 2. The maximum Gasteiger partial charge on any atom is 0.274 e. The van der Waals surface area contributed by atoms with Crippen molar-refractivity contribution in [1.82, 2.24) is 4.98 Å². The quantitative estimate of drug-likeness (QED) is 0.788. The molecule has 1 aromatic heterocycles. The van der Waals surface area contributed by atoms with Gasteiger partial charge in [0.1, 0.15) is 11.4 Å². The van der Waals surface area contributed by atoms with Gasteiger partial charge in [0.25, 0.3) is 5.91 Å². The highest BCUT2D eigenvalue weighted by atomic mass is 32.2. The monoisotopic (exact) mass is 389 g/mol. The molecule has 2 heterocycles. The summed E-state index contributed by atoms with van der Waals surface area (Å²) >= 11 is 0. The van der Waals surface area contributed by atoms with Crippen LogP contribution in [0.15, 0.2) is 42.6 Å². The van der Waals surface area contributed by atoms with E-state index in [2.05, 4.69) is 15.6 Å². The Balaban J connectivity index is 1.64. The van der Waals surface area contributed by atoms with Crippen LogP contribution in [0.4, 0.5) is 11.4 Å². The molecular weight excluding hydrogens is 366 g/mol. The van der Waals surface area contributed by atoms with Crippen LogP contribution in [0.1, 0.15) is 30.8 Å². The molecule has 1 saturated heterocycles. The van der Waals surface area contributed by atoms with Crippen LogP contribution in [0.3, 0.4) is 0 Å². The van der Waals surface area contributed by atoms with E-state index in [4.69, 9.17) is 4.74 Å². The highest BCUT2D eigenvalue weighted by Gasteiger charge is 2.27. The summed E-state index contributed by atoms with van der Waals surface area (Å²) in [6.45, 7) is 3.84. The van der Waals surface area contributed by atoms with Crippen molar-refractivity contribution in [2.45, 2.75) is 32.4 Å². The molecule has 1 unspecified atom stereocenters. The average Bonchev–Trinajstić information content (AvgIpc) is 2.95. The van der Waals surface area contributed by atoms with E-state index in [0.717, 1.165) is 0 Å². The Kier molecular flexibility index (Phi) is 5.65. The lowest BCUT2D eigenvalue weighted by Crippen LogP contribution is -2.21. The number of amides is 1. The molecule has 0 radical (unpaired) electrons. The predicted molar refractivity (Wildman–Crippen MR) is 105 cm³/mol. The number of carbonyl (C=O) groups excluding carboxylic acids is 1. The molecule has 1 aliphatic rings. The van der Waals surface area contributed by atoms with Crippen molar-refractivity contribution < 1.29 is 17.9 Å². The third kappa shape index (κ3) is 5.19. The van der Waals surface area contributed by atoms with Crippen molar-refractivity contribution in [3.63, 3.8) is 0 Å². The van der Waals surface area contributed by atoms with Gasteiger partial charge in [-0.15, -0.1) is 0 Å². The summed E-state index contributed by atoms with van der Waals surface area (Å²) in [4.78, 5) is 16.6. The number of carbonyl (C=O) groups is 1. The fourth-order valence-electron chi connectivity index (χ4n) is 2.87. The molecule has 1 atom stereocenters. The summed E-state index contributed by atoms with van der Waals surface area (Å²) in [7, 11) is -2.94. The number of aromatic nitrogens is 1. The number of nitrogens with zero attached hydrogens (tertiary/aromatic N) is 1. The molecular formula is C19H23N3O4S. The molecule has 0 aliphatic carbocycles. The zero-order chi connectivity index (χ0) is 19.4. The molecule has 1 aromatic carbocycles. The number of benzene rings is 1. The van der Waals surface area contributed by atoms with Crippen molar-refractivity contribution in [2.24, 2.45) is 0 Å². The minimum Gasteiger partial charge on any atom is -0.489 e. The van der Waals surface area contributed by atoms with E-state index >= 15 is 0 Å². The Morgan fingerprint density at radius 3 is 2.63 bits per heavy atom. The molecule has 2 aromatic rings. The number of hydrogen-bond acceptors (Lipinski definition) is 6. The van der Waals surface area contributed by atoms with E-state index < -0.39 is 9.84 Å². The first kappa shape index (κ1) is 19.2. The highest BCUT2D eigenvalue weighted by molar-refractivity contribution is 7.91. The number of nitrogens with one attached hydrogen (secondary N) is 2. The van der Waals surface area contributed by atoms with Crippen LogP contribution < -0.4 is 15.4 Å². The van der Waals surface area contributed by atoms with Gasteiger partial charge in [0.05, 0.1) is 35.2 Å². The van der Waals surface area contributed by atoms with E-state index in [1.807, 2.05) is 26.0 Å². The van der Waals surface area contributed by atoms with E-state index in [9.17, 15) is 13.2 Å². The van der Waals surface area contributed by atoms with Gasteiger partial charge in [-0.1, -0.05) is 12.1 Å². The lowest BCUT2D eigenvalue weighted by Gasteiger charge is -2.15. The Hall–Kier alpha value is -2.61. The number of ether oxygens (including phenoxy) is 1. The maximum absolute atomic E-state index is 12.5. The predicted octanol–water partition coefficient (Wildman–Crippen LogP) is 2.72. The van der Waals surface area contributed by atoms with Crippen LogP contribution in [0.25, 0.3) is 0 Å². The second-order valence-corrected chi connectivity index (χ2v) is 9.02. The zero-order valence-electron chi connectivity index (χ0n) is 15.3. The SMILES string of the molecule is CC(C)Oc1ccccc1NC(=O)c1ccc(NC2CCS(=O)(=O)C2)cn1. The molecule has 0 saturated carbocycles. The van der Waals surface area contributed by atoms with Crippen molar-refractivity contribution in [2.75, 3.05) is 22.1 Å². The largest absolute Gasteiger partial charge is 0.489 e. The van der Waals surface area contributed by atoms with Crippen molar-refractivity contribution in [3.05, 3.63) is 48.3 Å². The smallest absolute Gasteiger partial charge is 0.274 e. The van der Waals surface area contributed by atoms with E-state index in [1.54, 1.807) is 24.3 Å². The molecule has 1 aliphatic heterocycles. The number of hydrogen-bond donors (Lipinski definition) is 2. The summed E-state index contributed by atoms with van der Waals surface area (Å²) in [5.74, 6) is 0.588. The van der Waals surface area contributed by atoms with Crippen LogP contribution in [-0.4, -0.2) is 43.0 Å². The summed E-state index contributed by atoms with van der Waals surface area (Å²) in [5.41, 5.74) is 1.53. The van der Waals surface area contributed by atoms with Crippen LogP contribution >= 0.6 is 0 Å². The van der Waals surface area contributed by atoms with Gasteiger partial charge in [-0.2, -0.15) is 0 Å². The first-order valence-corrected chi connectivity index (χ1v) is 10.6. The van der Waals surface area contributed by atoms with Crippen molar-refractivity contribution in [1.29, 1.82) is 0 Å². The normalized spacial score (nSPS) is 18.3. The molecule has 1 amide bonds. The van der Waals surface area contributed by atoms with Crippen LogP contribution in [0, 0.1) is 0 Å². The third-order valence-electron chi connectivity index (χ3n) is 4.10. The second-order valence-electron chi connectivity index (χ2n) is 6.79. The minimum atomic E-state index is -2.94. The highest BCUT2D eigenvalue weighted by Crippen LogP contribution is 2.25. The molecule has 144 valence electrons. The first-order chi connectivity index (χ1) is 12.8. The first-order valence-electron chi connectivity index (χ1n) is 8.82. The van der Waals surface area contributed by atoms with E-state index in [0.29, 0.717) is 23.5 Å². The summed E-state index contributed by atoms with van der Waals surface area (Å²) in [5, 5.41) is 5.96. The Labute approximate surface area is 159 Å². The van der Waals surface area contributed by atoms with Crippen molar-refractivity contribution in [3.8, 4) is 5.75 Å². The van der Waals surface area contributed by atoms with Gasteiger partial charge in [0.2, 0.25) is 0 Å².